The second-order valence-electron chi connectivity index (χ2n) is 4.54. The maximum atomic E-state index is 11.3. The number of nitrogens with one attached hydrogen (secondary N) is 3. The molecular weight excluding hydrogens is 298 g/mol. The fourth-order valence-electron chi connectivity index (χ4n) is 1.16. The highest BCUT2D eigenvalue weighted by Gasteiger charge is 2.19. The van der Waals surface area contributed by atoms with E-state index < -0.39 is 5.79 Å². The number of ether oxygens (including phenoxy) is 2. The molecule has 0 rings (SSSR count). The van der Waals surface area contributed by atoms with Crippen molar-refractivity contribution in [1.82, 2.24) is 15.4 Å². The molecule has 0 aliphatic rings. The van der Waals surface area contributed by atoms with Crippen molar-refractivity contribution in [1.29, 1.82) is 0 Å². The van der Waals surface area contributed by atoms with Gasteiger partial charge in [-0.15, -0.1) is 0 Å². The average molecular weight is 321 g/mol. The molecule has 21 heavy (non-hydrogen) atoms. The number of aldehydes is 1. The van der Waals surface area contributed by atoms with Crippen LogP contribution >= 0.6 is 12.8 Å². The summed E-state index contributed by atoms with van der Waals surface area (Å²) in [6.45, 7) is 3.74. The molecule has 0 aliphatic heterocycles. The molecule has 0 atom stereocenters. The largest absolute Gasteiger partial charge is 0.333 e. The van der Waals surface area contributed by atoms with Crippen molar-refractivity contribution in [3.63, 3.8) is 0 Å². The second kappa shape index (κ2) is 11.5. The highest BCUT2D eigenvalue weighted by Crippen LogP contribution is 2.09. The molecule has 0 aromatic carbocycles. The lowest BCUT2D eigenvalue weighted by Gasteiger charge is -2.25. The zero-order valence-electron chi connectivity index (χ0n) is 12.3. The standard InChI is InChI=1S/C12H23N3O5S/c1-12(2,19-8-13-10(17)4-3-7-16)20-9-14-11(18)5-6-15-21/h7,15,21H,3-6,8-9H2,1-2H3,(H,13,17)(H,14,18). The lowest BCUT2D eigenvalue weighted by atomic mass is 10.3. The highest BCUT2D eigenvalue weighted by molar-refractivity contribution is 7.78. The van der Waals surface area contributed by atoms with Gasteiger partial charge in [0.05, 0.1) is 0 Å². The van der Waals surface area contributed by atoms with E-state index >= 15 is 0 Å². The van der Waals surface area contributed by atoms with E-state index in [4.69, 9.17) is 9.47 Å². The fourth-order valence-corrected chi connectivity index (χ4v) is 1.27. The normalized spacial score (nSPS) is 11.0. The average Bonchev–Trinajstić information content (AvgIpc) is 2.42. The summed E-state index contributed by atoms with van der Waals surface area (Å²) in [6.07, 6.45) is 1.28. The summed E-state index contributed by atoms with van der Waals surface area (Å²) in [5.74, 6) is -1.41. The summed E-state index contributed by atoms with van der Waals surface area (Å²) in [6, 6.07) is 0. The lowest BCUT2D eigenvalue weighted by Crippen LogP contribution is -2.39. The van der Waals surface area contributed by atoms with Crippen molar-refractivity contribution in [2.75, 3.05) is 20.0 Å². The van der Waals surface area contributed by atoms with E-state index in [2.05, 4.69) is 28.2 Å². The van der Waals surface area contributed by atoms with Crippen LogP contribution in [0.4, 0.5) is 0 Å². The molecule has 0 bridgehead atoms. The summed E-state index contributed by atoms with van der Waals surface area (Å²) in [7, 11) is 0. The Kier molecular flexibility index (Phi) is 10.9. The van der Waals surface area contributed by atoms with Gasteiger partial charge in [0.25, 0.3) is 0 Å². The third-order valence-electron chi connectivity index (χ3n) is 2.33. The maximum absolute atomic E-state index is 11.3. The van der Waals surface area contributed by atoms with Crippen molar-refractivity contribution in [3.05, 3.63) is 0 Å². The number of carbonyl (C=O) groups excluding carboxylic acids is 3. The Bertz CT molecular complexity index is 339. The van der Waals surface area contributed by atoms with Gasteiger partial charge in [0.15, 0.2) is 5.79 Å². The summed E-state index contributed by atoms with van der Waals surface area (Å²) in [5.41, 5.74) is 0. The van der Waals surface area contributed by atoms with Crippen LogP contribution in [-0.2, 0) is 23.9 Å². The Balaban J connectivity index is 3.75. The van der Waals surface area contributed by atoms with E-state index in [0.717, 1.165) is 0 Å². The molecule has 0 fully saturated rings. The van der Waals surface area contributed by atoms with Crippen molar-refractivity contribution in [2.24, 2.45) is 0 Å². The van der Waals surface area contributed by atoms with Crippen LogP contribution in [0.5, 0.6) is 0 Å². The molecule has 0 spiro atoms. The lowest BCUT2D eigenvalue weighted by molar-refractivity contribution is -0.219. The SMILES string of the molecule is CC(C)(OCNC(=O)CCC=O)OCNC(=O)CCNS. The number of hydrogen-bond acceptors (Lipinski definition) is 7. The summed E-state index contributed by atoms with van der Waals surface area (Å²) in [4.78, 5) is 32.6. The molecule has 0 radical (unpaired) electrons. The second-order valence-corrected chi connectivity index (χ2v) is 4.86. The van der Waals surface area contributed by atoms with Gasteiger partial charge in [0, 0.05) is 25.8 Å². The monoisotopic (exact) mass is 321 g/mol. The van der Waals surface area contributed by atoms with E-state index in [1.807, 2.05) is 0 Å². The minimum atomic E-state index is -0.965. The number of amides is 2. The number of hydrogen-bond donors (Lipinski definition) is 4. The first-order valence-electron chi connectivity index (χ1n) is 6.53. The Morgan fingerprint density at radius 3 is 2.10 bits per heavy atom. The predicted molar refractivity (Wildman–Crippen MR) is 79.2 cm³/mol. The first kappa shape index (κ1) is 19.8. The van der Waals surface area contributed by atoms with E-state index in [9.17, 15) is 14.4 Å². The Hall–Kier alpha value is -1.16. The van der Waals surface area contributed by atoms with Gasteiger partial charge in [-0.25, -0.2) is 0 Å². The fraction of sp³-hybridized carbons (Fsp3) is 0.750. The highest BCUT2D eigenvalue weighted by atomic mass is 32.1. The number of thiol groups is 1. The van der Waals surface area contributed by atoms with Gasteiger partial charge in [-0.05, 0) is 13.8 Å². The zero-order chi connectivity index (χ0) is 16.1. The quantitative estimate of drug-likeness (QED) is 0.224. The first-order valence-corrected chi connectivity index (χ1v) is 6.98. The maximum Gasteiger partial charge on any atom is 0.223 e. The molecular formula is C12H23N3O5S. The van der Waals surface area contributed by atoms with Gasteiger partial charge < -0.3 is 24.9 Å². The molecule has 9 heteroatoms. The predicted octanol–water partition coefficient (Wildman–Crippen LogP) is -0.293. The van der Waals surface area contributed by atoms with Crippen LogP contribution in [0.15, 0.2) is 0 Å². The first-order chi connectivity index (χ1) is 9.91. The summed E-state index contributed by atoms with van der Waals surface area (Å²) < 4.78 is 13.2. The van der Waals surface area contributed by atoms with E-state index in [1.54, 1.807) is 13.8 Å². The molecule has 0 saturated carbocycles. The Morgan fingerprint density at radius 2 is 1.62 bits per heavy atom. The van der Waals surface area contributed by atoms with Crippen molar-refractivity contribution in [3.8, 4) is 0 Å². The van der Waals surface area contributed by atoms with Gasteiger partial charge in [-0.1, -0.05) is 12.8 Å². The molecule has 0 saturated heterocycles. The van der Waals surface area contributed by atoms with Crippen LogP contribution in [0.1, 0.15) is 33.1 Å². The van der Waals surface area contributed by atoms with Gasteiger partial charge >= 0.3 is 0 Å². The molecule has 2 amide bonds. The van der Waals surface area contributed by atoms with Gasteiger partial charge in [0.2, 0.25) is 11.8 Å². The zero-order valence-corrected chi connectivity index (χ0v) is 13.2. The van der Waals surface area contributed by atoms with Crippen LogP contribution in [0.25, 0.3) is 0 Å². The van der Waals surface area contributed by atoms with E-state index in [-0.39, 0.29) is 38.1 Å². The summed E-state index contributed by atoms with van der Waals surface area (Å²) >= 11 is 3.77. The van der Waals surface area contributed by atoms with Gasteiger partial charge in [0.1, 0.15) is 19.7 Å². The minimum absolute atomic E-state index is 0.00249. The molecule has 122 valence electrons. The molecule has 8 nitrogen and oxygen atoms in total. The van der Waals surface area contributed by atoms with Crippen LogP contribution in [-0.4, -0.2) is 43.9 Å². The molecule has 0 unspecified atom stereocenters. The summed E-state index contributed by atoms with van der Waals surface area (Å²) in [5, 5.41) is 5.06. The van der Waals surface area contributed by atoms with Crippen molar-refractivity contribution >= 4 is 30.9 Å². The van der Waals surface area contributed by atoms with Gasteiger partial charge in [-0.2, -0.15) is 0 Å². The topological polar surface area (TPSA) is 106 Å². The van der Waals surface area contributed by atoms with Crippen LogP contribution in [0.2, 0.25) is 0 Å². The smallest absolute Gasteiger partial charge is 0.223 e. The molecule has 0 aliphatic carbocycles. The van der Waals surface area contributed by atoms with Gasteiger partial charge in [-0.3, -0.25) is 14.3 Å². The van der Waals surface area contributed by atoms with Crippen LogP contribution in [0, 0.1) is 0 Å². The van der Waals surface area contributed by atoms with Crippen LogP contribution in [0.3, 0.4) is 0 Å². The Labute approximate surface area is 129 Å². The molecule has 0 aromatic heterocycles. The molecule has 0 aromatic rings. The molecule has 3 N–H and O–H groups in total. The third kappa shape index (κ3) is 12.3. The van der Waals surface area contributed by atoms with E-state index in [0.29, 0.717) is 19.3 Å². The number of carbonyl (C=O) groups is 3. The van der Waals surface area contributed by atoms with Crippen LogP contribution < -0.4 is 15.4 Å². The minimum Gasteiger partial charge on any atom is -0.333 e. The number of rotatable bonds is 12. The molecule has 0 heterocycles. The van der Waals surface area contributed by atoms with E-state index in [1.165, 1.54) is 0 Å². The Morgan fingerprint density at radius 1 is 1.10 bits per heavy atom. The van der Waals surface area contributed by atoms with Crippen molar-refractivity contribution < 1.29 is 23.9 Å². The van der Waals surface area contributed by atoms with Crippen molar-refractivity contribution in [2.45, 2.75) is 38.9 Å². The third-order valence-corrected chi connectivity index (χ3v) is 2.55.